The summed E-state index contributed by atoms with van der Waals surface area (Å²) < 4.78 is 5.77. The van der Waals surface area contributed by atoms with Crippen LogP contribution in [0, 0.1) is 11.3 Å². The number of rotatable bonds is 4. The minimum Gasteiger partial charge on any atom is -0.490 e. The van der Waals surface area contributed by atoms with Crippen molar-refractivity contribution in [1.29, 1.82) is 5.26 Å². The largest absolute Gasteiger partial charge is 0.490 e. The van der Waals surface area contributed by atoms with Crippen molar-refractivity contribution in [2.75, 3.05) is 13.1 Å². The van der Waals surface area contributed by atoms with Gasteiger partial charge in [0.25, 0.3) is 0 Å². The molecule has 0 fully saturated rings. The minimum absolute atomic E-state index is 0.00767. The van der Waals surface area contributed by atoms with E-state index in [1.165, 1.54) is 11.1 Å². The van der Waals surface area contributed by atoms with Crippen LogP contribution >= 0.6 is 0 Å². The number of hydrogen-bond donors (Lipinski definition) is 2. The third-order valence-electron chi connectivity index (χ3n) is 5.12. The van der Waals surface area contributed by atoms with Gasteiger partial charge < -0.3 is 10.1 Å². The SMILES string of the molecule is CC(C)Oc1ccc(C2(c3cccc4c3CCNCC4)N=CNO2)cc1C#N. The summed E-state index contributed by atoms with van der Waals surface area (Å²) in [7, 11) is 0. The number of nitriles is 1. The zero-order valence-corrected chi connectivity index (χ0v) is 16.2. The van der Waals surface area contributed by atoms with E-state index in [0.29, 0.717) is 11.3 Å². The minimum atomic E-state index is -1.02. The van der Waals surface area contributed by atoms with Gasteiger partial charge in [-0.15, -0.1) is 0 Å². The molecule has 2 N–H and O–H groups in total. The molecule has 28 heavy (non-hydrogen) atoms. The Morgan fingerprint density at radius 2 is 2.07 bits per heavy atom. The number of ether oxygens (including phenoxy) is 1. The van der Waals surface area contributed by atoms with Gasteiger partial charge in [-0.25, -0.2) is 9.83 Å². The second kappa shape index (κ2) is 7.63. The van der Waals surface area contributed by atoms with Crippen molar-refractivity contribution in [3.05, 3.63) is 64.2 Å². The number of fused-ring (bicyclic) bond motifs is 1. The lowest BCUT2D eigenvalue weighted by molar-refractivity contribution is -0.0285. The van der Waals surface area contributed by atoms with Crippen LogP contribution in [0.3, 0.4) is 0 Å². The summed E-state index contributed by atoms with van der Waals surface area (Å²) in [5.41, 5.74) is 6.63. The molecular weight excluding hydrogens is 352 g/mol. The monoisotopic (exact) mass is 376 g/mol. The van der Waals surface area contributed by atoms with Crippen LogP contribution < -0.4 is 15.5 Å². The fourth-order valence-electron chi connectivity index (χ4n) is 3.90. The van der Waals surface area contributed by atoms with Crippen LogP contribution in [0.1, 0.15) is 41.7 Å². The van der Waals surface area contributed by atoms with Gasteiger partial charge in [0, 0.05) is 11.1 Å². The van der Waals surface area contributed by atoms with Crippen LogP contribution in [0.2, 0.25) is 0 Å². The highest BCUT2D eigenvalue weighted by atomic mass is 16.7. The predicted octanol–water partition coefficient (Wildman–Crippen LogP) is 2.80. The van der Waals surface area contributed by atoms with Crippen molar-refractivity contribution in [2.24, 2.45) is 4.99 Å². The number of aliphatic imine (C=N–C) groups is 1. The molecule has 2 aromatic carbocycles. The highest BCUT2D eigenvalue weighted by Crippen LogP contribution is 2.41. The molecular formula is C22H24N4O2. The van der Waals surface area contributed by atoms with E-state index in [2.05, 4.69) is 40.1 Å². The van der Waals surface area contributed by atoms with Gasteiger partial charge in [0.1, 0.15) is 18.2 Å². The molecule has 1 unspecified atom stereocenters. The lowest BCUT2D eigenvalue weighted by atomic mass is 9.86. The molecule has 1 atom stereocenters. The van der Waals surface area contributed by atoms with Gasteiger partial charge in [-0.2, -0.15) is 5.26 Å². The molecule has 0 aromatic heterocycles. The number of hydroxylamine groups is 1. The second-order valence-corrected chi connectivity index (χ2v) is 7.30. The van der Waals surface area contributed by atoms with Crippen LogP contribution in [0.5, 0.6) is 5.75 Å². The van der Waals surface area contributed by atoms with E-state index in [0.717, 1.165) is 37.1 Å². The maximum Gasteiger partial charge on any atom is 0.237 e. The molecule has 0 amide bonds. The highest BCUT2D eigenvalue weighted by molar-refractivity contribution is 5.60. The maximum absolute atomic E-state index is 9.65. The zero-order chi connectivity index (χ0) is 19.6. The number of hydrogen-bond acceptors (Lipinski definition) is 6. The van der Waals surface area contributed by atoms with Gasteiger partial charge >= 0.3 is 0 Å². The van der Waals surface area contributed by atoms with Crippen molar-refractivity contribution in [2.45, 2.75) is 38.5 Å². The lowest BCUT2D eigenvalue weighted by Gasteiger charge is -2.29. The molecule has 0 radical (unpaired) electrons. The summed E-state index contributed by atoms with van der Waals surface area (Å²) in [4.78, 5) is 10.7. The van der Waals surface area contributed by atoms with Crippen molar-refractivity contribution < 1.29 is 9.57 Å². The average molecular weight is 376 g/mol. The molecule has 2 aromatic rings. The molecule has 144 valence electrons. The summed E-state index contributed by atoms with van der Waals surface area (Å²) in [5, 5.41) is 13.1. The normalized spacial score (nSPS) is 20.9. The summed E-state index contributed by atoms with van der Waals surface area (Å²) >= 11 is 0. The van der Waals surface area contributed by atoms with E-state index in [1.54, 1.807) is 6.34 Å². The zero-order valence-electron chi connectivity index (χ0n) is 16.2. The Balaban J connectivity index is 1.85. The van der Waals surface area contributed by atoms with Gasteiger partial charge in [-0.3, -0.25) is 5.48 Å². The Kier molecular flexibility index (Phi) is 5.03. The number of nitrogens with zero attached hydrogens (tertiary/aromatic N) is 2. The third-order valence-corrected chi connectivity index (χ3v) is 5.12. The maximum atomic E-state index is 9.65. The van der Waals surface area contributed by atoms with Gasteiger partial charge in [-0.1, -0.05) is 18.2 Å². The van der Waals surface area contributed by atoms with E-state index < -0.39 is 5.72 Å². The first-order valence-electron chi connectivity index (χ1n) is 9.64. The topological polar surface area (TPSA) is 78.7 Å². The smallest absolute Gasteiger partial charge is 0.237 e. The third kappa shape index (κ3) is 3.24. The Bertz CT molecular complexity index is 948. The van der Waals surface area contributed by atoms with E-state index >= 15 is 0 Å². The fraction of sp³-hybridized carbons (Fsp3) is 0.364. The Hall–Kier alpha value is -2.88. The number of benzene rings is 2. The lowest BCUT2D eigenvalue weighted by Crippen LogP contribution is -2.30. The van der Waals surface area contributed by atoms with E-state index in [4.69, 9.17) is 9.57 Å². The van der Waals surface area contributed by atoms with Crippen LogP contribution in [0.15, 0.2) is 41.4 Å². The van der Waals surface area contributed by atoms with Crippen LogP contribution in [0.4, 0.5) is 0 Å². The molecule has 0 saturated carbocycles. The van der Waals surface area contributed by atoms with Gasteiger partial charge in [0.15, 0.2) is 0 Å². The quantitative estimate of drug-likeness (QED) is 0.858. The molecule has 6 nitrogen and oxygen atoms in total. The molecule has 2 heterocycles. The van der Waals surface area contributed by atoms with E-state index in [9.17, 15) is 5.26 Å². The fourth-order valence-corrected chi connectivity index (χ4v) is 3.90. The van der Waals surface area contributed by atoms with Crippen LogP contribution in [-0.2, 0) is 23.4 Å². The summed E-state index contributed by atoms with van der Waals surface area (Å²) in [6.45, 7) is 5.77. The Morgan fingerprint density at radius 1 is 1.21 bits per heavy atom. The molecule has 2 aliphatic rings. The molecule has 0 saturated heterocycles. The first-order chi connectivity index (χ1) is 13.6. The summed E-state index contributed by atoms with van der Waals surface area (Å²) in [6.07, 6.45) is 3.44. The van der Waals surface area contributed by atoms with E-state index in [-0.39, 0.29) is 6.10 Å². The van der Waals surface area contributed by atoms with Crippen LogP contribution in [0.25, 0.3) is 0 Å². The summed E-state index contributed by atoms with van der Waals surface area (Å²) in [5.74, 6) is 0.572. The van der Waals surface area contributed by atoms with Gasteiger partial charge in [0.2, 0.25) is 5.72 Å². The Morgan fingerprint density at radius 3 is 2.82 bits per heavy atom. The first kappa shape index (κ1) is 18.5. The van der Waals surface area contributed by atoms with Crippen molar-refractivity contribution in [1.82, 2.24) is 10.8 Å². The number of nitrogens with one attached hydrogen (secondary N) is 2. The van der Waals surface area contributed by atoms with Gasteiger partial charge in [-0.05, 0) is 69.1 Å². The molecule has 0 aliphatic carbocycles. The van der Waals surface area contributed by atoms with E-state index in [1.807, 2.05) is 32.0 Å². The molecule has 2 aliphatic heterocycles. The Labute approximate surface area is 165 Å². The van der Waals surface area contributed by atoms with Gasteiger partial charge in [0.05, 0.1) is 11.7 Å². The predicted molar refractivity (Wildman–Crippen MR) is 107 cm³/mol. The van der Waals surface area contributed by atoms with Crippen molar-refractivity contribution in [3.63, 3.8) is 0 Å². The molecule has 0 bridgehead atoms. The van der Waals surface area contributed by atoms with Crippen molar-refractivity contribution >= 4 is 6.34 Å². The average Bonchev–Trinajstić information content (AvgIpc) is 3.07. The standard InChI is InChI=1S/C22H24N4O2/c1-15(2)27-21-7-6-18(12-17(21)13-23)22(25-14-26-28-22)20-5-3-4-16-8-10-24-11-9-19(16)20/h3-7,12,14-15,24H,8-11H2,1-2H3,(H,25,26). The molecule has 0 spiro atoms. The molecule has 4 rings (SSSR count). The summed E-state index contributed by atoms with van der Waals surface area (Å²) in [6, 6.07) is 14.1. The second-order valence-electron chi connectivity index (χ2n) is 7.30. The first-order valence-corrected chi connectivity index (χ1v) is 9.64. The highest BCUT2D eigenvalue weighted by Gasteiger charge is 2.41. The van der Waals surface area contributed by atoms with Crippen LogP contribution in [-0.4, -0.2) is 25.5 Å². The van der Waals surface area contributed by atoms with Crippen molar-refractivity contribution in [3.8, 4) is 11.8 Å². The molecule has 6 heteroatoms.